The van der Waals surface area contributed by atoms with Crippen molar-refractivity contribution in [3.05, 3.63) is 29.3 Å². The first kappa shape index (κ1) is 15.4. The molecule has 1 aliphatic rings. The SMILES string of the molecule is Cc1ccc(C(=O)NC(C(=O)O)C2CCCCC2)c(N)c1. The number of nitrogen functional groups attached to an aromatic ring is 1. The molecule has 0 aliphatic heterocycles. The van der Waals surface area contributed by atoms with Gasteiger partial charge in [-0.3, -0.25) is 4.79 Å². The fourth-order valence-corrected chi connectivity index (χ4v) is 2.96. The molecular weight excluding hydrogens is 268 g/mol. The minimum Gasteiger partial charge on any atom is -0.480 e. The molecule has 0 bridgehead atoms. The summed E-state index contributed by atoms with van der Waals surface area (Å²) in [5.74, 6) is -1.38. The molecule has 1 saturated carbocycles. The van der Waals surface area contributed by atoms with Gasteiger partial charge in [0, 0.05) is 5.69 Å². The van der Waals surface area contributed by atoms with Gasteiger partial charge in [0.15, 0.2) is 0 Å². The highest BCUT2D eigenvalue weighted by molar-refractivity contribution is 6.01. The molecule has 1 amide bonds. The lowest BCUT2D eigenvalue weighted by Crippen LogP contribution is -2.46. The number of nitrogens with one attached hydrogen (secondary N) is 1. The highest BCUT2D eigenvalue weighted by atomic mass is 16.4. The Bertz CT molecular complexity index is 536. The second-order valence-electron chi connectivity index (χ2n) is 5.78. The van der Waals surface area contributed by atoms with Crippen LogP contribution in [0.5, 0.6) is 0 Å². The monoisotopic (exact) mass is 290 g/mol. The number of rotatable bonds is 4. The molecule has 1 atom stereocenters. The molecule has 5 nitrogen and oxygen atoms in total. The second kappa shape index (κ2) is 6.61. The van der Waals surface area contributed by atoms with E-state index in [-0.39, 0.29) is 5.92 Å². The van der Waals surface area contributed by atoms with Crippen LogP contribution >= 0.6 is 0 Å². The van der Waals surface area contributed by atoms with Crippen molar-refractivity contribution in [3.8, 4) is 0 Å². The lowest BCUT2D eigenvalue weighted by Gasteiger charge is -2.28. The molecule has 1 unspecified atom stereocenters. The zero-order chi connectivity index (χ0) is 15.4. The first-order valence-electron chi connectivity index (χ1n) is 7.39. The van der Waals surface area contributed by atoms with Gasteiger partial charge in [-0.25, -0.2) is 4.79 Å². The third kappa shape index (κ3) is 3.74. The lowest BCUT2D eigenvalue weighted by molar-refractivity contribution is -0.141. The Balaban J connectivity index is 2.12. The Kier molecular flexibility index (Phi) is 4.83. The van der Waals surface area contributed by atoms with Gasteiger partial charge in [0.05, 0.1) is 5.56 Å². The van der Waals surface area contributed by atoms with Gasteiger partial charge < -0.3 is 16.2 Å². The summed E-state index contributed by atoms with van der Waals surface area (Å²) in [6, 6.07) is 4.31. The Morgan fingerprint density at radius 3 is 2.52 bits per heavy atom. The van der Waals surface area contributed by atoms with Crippen LogP contribution in [-0.4, -0.2) is 23.0 Å². The number of carboxylic acid groups (broad SMARTS) is 1. The molecule has 0 saturated heterocycles. The molecule has 1 aromatic carbocycles. The maximum absolute atomic E-state index is 12.3. The summed E-state index contributed by atoms with van der Waals surface area (Å²) in [5.41, 5.74) is 7.52. The normalized spacial score (nSPS) is 17.2. The van der Waals surface area contributed by atoms with Gasteiger partial charge in [0.1, 0.15) is 6.04 Å². The van der Waals surface area contributed by atoms with Crippen molar-refractivity contribution in [2.45, 2.75) is 45.1 Å². The van der Waals surface area contributed by atoms with Crippen molar-refractivity contribution in [2.24, 2.45) is 5.92 Å². The molecule has 0 heterocycles. The maximum atomic E-state index is 12.3. The summed E-state index contributed by atoms with van der Waals surface area (Å²) in [6.45, 7) is 1.89. The highest BCUT2D eigenvalue weighted by Gasteiger charge is 2.31. The molecule has 21 heavy (non-hydrogen) atoms. The maximum Gasteiger partial charge on any atom is 0.326 e. The van der Waals surface area contributed by atoms with Crippen LogP contribution in [0.4, 0.5) is 5.69 Å². The number of carboxylic acids is 1. The van der Waals surface area contributed by atoms with Crippen LogP contribution in [-0.2, 0) is 4.79 Å². The van der Waals surface area contributed by atoms with Crippen LogP contribution in [0, 0.1) is 12.8 Å². The zero-order valence-corrected chi connectivity index (χ0v) is 12.3. The largest absolute Gasteiger partial charge is 0.480 e. The molecule has 0 spiro atoms. The molecule has 4 N–H and O–H groups in total. The van der Waals surface area contributed by atoms with Crippen LogP contribution in [0.3, 0.4) is 0 Å². The Morgan fingerprint density at radius 2 is 1.95 bits per heavy atom. The first-order chi connectivity index (χ1) is 9.99. The van der Waals surface area contributed by atoms with E-state index in [1.807, 2.05) is 6.92 Å². The van der Waals surface area contributed by atoms with Crippen LogP contribution < -0.4 is 11.1 Å². The standard InChI is InChI=1S/C16H22N2O3/c1-10-7-8-12(13(17)9-10)15(19)18-14(16(20)21)11-5-3-2-4-6-11/h7-9,11,14H,2-6,17H2,1H3,(H,18,19)(H,20,21). The van der Waals surface area contributed by atoms with E-state index >= 15 is 0 Å². The number of hydrogen-bond acceptors (Lipinski definition) is 3. The molecule has 114 valence electrons. The number of carbonyl (C=O) groups excluding carboxylic acids is 1. The quantitative estimate of drug-likeness (QED) is 0.742. The fraction of sp³-hybridized carbons (Fsp3) is 0.500. The van der Waals surface area contributed by atoms with E-state index in [0.717, 1.165) is 37.7 Å². The molecule has 0 aromatic heterocycles. The van der Waals surface area contributed by atoms with Gasteiger partial charge >= 0.3 is 5.97 Å². The van der Waals surface area contributed by atoms with E-state index in [9.17, 15) is 14.7 Å². The van der Waals surface area contributed by atoms with Gasteiger partial charge in [-0.2, -0.15) is 0 Å². The molecule has 5 heteroatoms. The van der Waals surface area contributed by atoms with Crippen molar-refractivity contribution in [1.82, 2.24) is 5.32 Å². The summed E-state index contributed by atoms with van der Waals surface area (Å²) >= 11 is 0. The van der Waals surface area contributed by atoms with E-state index in [0.29, 0.717) is 11.3 Å². The van der Waals surface area contributed by atoms with Crippen molar-refractivity contribution in [3.63, 3.8) is 0 Å². The smallest absolute Gasteiger partial charge is 0.326 e. The molecule has 2 rings (SSSR count). The summed E-state index contributed by atoms with van der Waals surface area (Å²) < 4.78 is 0. The average Bonchev–Trinajstić information content (AvgIpc) is 2.45. The third-order valence-corrected chi connectivity index (χ3v) is 4.13. The van der Waals surface area contributed by atoms with E-state index in [2.05, 4.69) is 5.32 Å². The molecular formula is C16H22N2O3. The number of nitrogens with two attached hydrogens (primary N) is 1. The van der Waals surface area contributed by atoms with E-state index in [1.165, 1.54) is 0 Å². The van der Waals surface area contributed by atoms with E-state index < -0.39 is 17.9 Å². The Morgan fingerprint density at radius 1 is 1.29 bits per heavy atom. The van der Waals surface area contributed by atoms with Crippen molar-refractivity contribution in [2.75, 3.05) is 5.73 Å². The van der Waals surface area contributed by atoms with Crippen LogP contribution in [0.1, 0.15) is 48.0 Å². The van der Waals surface area contributed by atoms with E-state index in [1.54, 1.807) is 18.2 Å². The van der Waals surface area contributed by atoms with Gasteiger partial charge in [0.25, 0.3) is 5.91 Å². The van der Waals surface area contributed by atoms with Gasteiger partial charge in [-0.15, -0.1) is 0 Å². The first-order valence-corrected chi connectivity index (χ1v) is 7.39. The summed E-state index contributed by atoms with van der Waals surface area (Å²) in [5, 5.41) is 12.0. The summed E-state index contributed by atoms with van der Waals surface area (Å²) in [7, 11) is 0. The lowest BCUT2D eigenvalue weighted by atomic mass is 9.84. The average molecular weight is 290 g/mol. The second-order valence-corrected chi connectivity index (χ2v) is 5.78. The third-order valence-electron chi connectivity index (χ3n) is 4.13. The summed E-state index contributed by atoms with van der Waals surface area (Å²) in [6.07, 6.45) is 4.89. The predicted octanol–water partition coefficient (Wildman–Crippen LogP) is 2.34. The van der Waals surface area contributed by atoms with Gasteiger partial charge in [-0.05, 0) is 43.4 Å². The number of anilines is 1. The minimum atomic E-state index is -0.971. The Hall–Kier alpha value is -2.04. The number of aliphatic carboxylic acids is 1. The highest BCUT2D eigenvalue weighted by Crippen LogP contribution is 2.27. The topological polar surface area (TPSA) is 92.4 Å². The number of hydrogen-bond donors (Lipinski definition) is 3. The minimum absolute atomic E-state index is 0.00636. The van der Waals surface area contributed by atoms with Gasteiger partial charge in [0.2, 0.25) is 0 Å². The zero-order valence-electron chi connectivity index (χ0n) is 12.3. The van der Waals surface area contributed by atoms with Crippen LogP contribution in [0.2, 0.25) is 0 Å². The Labute approximate surface area is 124 Å². The van der Waals surface area contributed by atoms with Crippen molar-refractivity contribution in [1.29, 1.82) is 0 Å². The predicted molar refractivity (Wildman–Crippen MR) is 81.1 cm³/mol. The number of carbonyl (C=O) groups is 2. The molecule has 1 aromatic rings. The number of aryl methyl sites for hydroxylation is 1. The summed E-state index contributed by atoms with van der Waals surface area (Å²) in [4.78, 5) is 23.7. The molecule has 1 aliphatic carbocycles. The van der Waals surface area contributed by atoms with Crippen LogP contribution in [0.15, 0.2) is 18.2 Å². The number of amides is 1. The number of benzene rings is 1. The molecule has 1 fully saturated rings. The fourth-order valence-electron chi connectivity index (χ4n) is 2.96. The van der Waals surface area contributed by atoms with Crippen molar-refractivity contribution >= 4 is 17.6 Å². The van der Waals surface area contributed by atoms with Crippen molar-refractivity contribution < 1.29 is 14.7 Å². The van der Waals surface area contributed by atoms with Gasteiger partial charge in [-0.1, -0.05) is 25.3 Å². The van der Waals surface area contributed by atoms with Crippen LogP contribution in [0.25, 0.3) is 0 Å². The van der Waals surface area contributed by atoms with E-state index in [4.69, 9.17) is 5.73 Å². The molecule has 0 radical (unpaired) electrons.